The highest BCUT2D eigenvalue weighted by atomic mass is 16.5. The molecule has 2 unspecified atom stereocenters. The Morgan fingerprint density at radius 2 is 1.69 bits per heavy atom. The zero-order valence-electron chi connectivity index (χ0n) is 20.2. The van der Waals surface area contributed by atoms with E-state index in [-0.39, 0.29) is 24.3 Å². The van der Waals surface area contributed by atoms with Gasteiger partial charge in [0.05, 0.1) is 0 Å². The minimum absolute atomic E-state index is 0.0301. The van der Waals surface area contributed by atoms with Crippen molar-refractivity contribution < 1.29 is 24.2 Å². The van der Waals surface area contributed by atoms with Crippen molar-refractivity contribution in [2.75, 3.05) is 19.7 Å². The zero-order valence-corrected chi connectivity index (χ0v) is 20.2. The van der Waals surface area contributed by atoms with Crippen molar-refractivity contribution in [1.29, 1.82) is 0 Å². The molecule has 35 heavy (non-hydrogen) atoms. The van der Waals surface area contributed by atoms with Crippen LogP contribution in [0.2, 0.25) is 0 Å². The van der Waals surface area contributed by atoms with Crippen molar-refractivity contribution in [2.45, 2.75) is 57.4 Å². The normalized spacial score (nSPS) is 17.9. The molecule has 7 heteroatoms. The molecule has 1 heterocycles. The first-order chi connectivity index (χ1) is 17.0. The Bertz CT molecular complexity index is 1020. The standard InChI is InChI=1S/C28H34N2O5/c1-19(13-14-26(31)30-17-7-6-12-25(30)27(32)33)15-16-29-28(34)35-18-24-22-10-4-2-8-20(22)21-9-3-5-11-23(21)24/h2-5,8-11,19,24-25H,6-7,12-18H2,1H3,(H,29,34)(H,32,33). The Morgan fingerprint density at radius 3 is 2.34 bits per heavy atom. The van der Waals surface area contributed by atoms with Crippen LogP contribution in [-0.2, 0) is 14.3 Å². The first-order valence-electron chi connectivity index (χ1n) is 12.6. The van der Waals surface area contributed by atoms with E-state index in [9.17, 15) is 19.5 Å². The molecule has 0 bridgehead atoms. The minimum atomic E-state index is -0.918. The molecule has 0 spiro atoms. The molecule has 2 amide bonds. The van der Waals surface area contributed by atoms with Gasteiger partial charge in [-0.1, -0.05) is 55.5 Å². The van der Waals surface area contributed by atoms with E-state index in [1.807, 2.05) is 31.2 Å². The molecule has 2 aromatic carbocycles. The van der Waals surface area contributed by atoms with Gasteiger partial charge in [0.25, 0.3) is 0 Å². The fraction of sp³-hybridized carbons (Fsp3) is 0.464. The summed E-state index contributed by atoms with van der Waals surface area (Å²) in [6, 6.07) is 15.8. The maximum absolute atomic E-state index is 12.6. The van der Waals surface area contributed by atoms with Crippen molar-refractivity contribution in [3.8, 4) is 11.1 Å². The molecule has 2 N–H and O–H groups in total. The summed E-state index contributed by atoms with van der Waals surface area (Å²) >= 11 is 0. The molecule has 1 saturated heterocycles. The van der Waals surface area contributed by atoms with E-state index in [2.05, 4.69) is 29.6 Å². The van der Waals surface area contributed by atoms with Crippen molar-refractivity contribution in [3.63, 3.8) is 0 Å². The van der Waals surface area contributed by atoms with Gasteiger partial charge in [-0.15, -0.1) is 0 Å². The number of likely N-dealkylation sites (tertiary alicyclic amines) is 1. The van der Waals surface area contributed by atoms with E-state index < -0.39 is 18.1 Å². The van der Waals surface area contributed by atoms with Crippen LogP contribution in [0.5, 0.6) is 0 Å². The predicted molar refractivity (Wildman–Crippen MR) is 133 cm³/mol. The molecule has 2 aliphatic rings. The van der Waals surface area contributed by atoms with Gasteiger partial charge in [0, 0.05) is 25.4 Å². The monoisotopic (exact) mass is 478 g/mol. The quantitative estimate of drug-likeness (QED) is 0.540. The Morgan fingerprint density at radius 1 is 1.03 bits per heavy atom. The van der Waals surface area contributed by atoms with E-state index in [0.717, 1.165) is 19.3 Å². The molecule has 0 aromatic heterocycles. The fourth-order valence-corrected chi connectivity index (χ4v) is 5.21. The van der Waals surface area contributed by atoms with E-state index in [4.69, 9.17) is 4.74 Å². The minimum Gasteiger partial charge on any atom is -0.480 e. The lowest BCUT2D eigenvalue weighted by molar-refractivity contribution is -0.152. The highest BCUT2D eigenvalue weighted by Crippen LogP contribution is 2.44. The van der Waals surface area contributed by atoms with E-state index in [0.29, 0.717) is 32.4 Å². The van der Waals surface area contributed by atoms with Crippen LogP contribution in [0.3, 0.4) is 0 Å². The van der Waals surface area contributed by atoms with Crippen LogP contribution in [0.25, 0.3) is 11.1 Å². The van der Waals surface area contributed by atoms with Gasteiger partial charge in [-0.05, 0) is 60.3 Å². The molecule has 2 atom stereocenters. The van der Waals surface area contributed by atoms with Crippen molar-refractivity contribution >= 4 is 18.0 Å². The van der Waals surface area contributed by atoms with Crippen molar-refractivity contribution in [3.05, 3.63) is 59.7 Å². The lowest BCUT2D eigenvalue weighted by atomic mass is 9.98. The Kier molecular flexibility index (Phi) is 8.06. The second-order valence-electron chi connectivity index (χ2n) is 9.62. The molecular weight excluding hydrogens is 444 g/mol. The lowest BCUT2D eigenvalue weighted by Crippen LogP contribution is -2.48. The SMILES string of the molecule is CC(CCNC(=O)OCC1c2ccccc2-c2ccccc21)CCC(=O)N1CCCCC1C(=O)O. The molecular formula is C28H34N2O5. The highest BCUT2D eigenvalue weighted by molar-refractivity contribution is 5.84. The number of piperidine rings is 1. The molecule has 2 aromatic rings. The van der Waals surface area contributed by atoms with E-state index in [1.54, 1.807) is 0 Å². The maximum atomic E-state index is 12.6. The summed E-state index contributed by atoms with van der Waals surface area (Å²) in [5.74, 6) is -0.754. The van der Waals surface area contributed by atoms with Crippen molar-refractivity contribution in [2.24, 2.45) is 5.92 Å². The number of carboxylic acid groups (broad SMARTS) is 1. The van der Waals surface area contributed by atoms with Gasteiger partial charge in [0.2, 0.25) is 5.91 Å². The van der Waals surface area contributed by atoms with Crippen LogP contribution < -0.4 is 5.32 Å². The average molecular weight is 479 g/mol. The summed E-state index contributed by atoms with van der Waals surface area (Å²) in [5, 5.41) is 12.2. The number of amides is 2. The number of ether oxygens (including phenoxy) is 1. The first kappa shape index (κ1) is 24.8. The van der Waals surface area contributed by atoms with Crippen molar-refractivity contribution in [1.82, 2.24) is 10.2 Å². The molecule has 1 aliphatic heterocycles. The van der Waals surface area contributed by atoms with Crippen LogP contribution in [-0.4, -0.2) is 53.7 Å². The smallest absolute Gasteiger partial charge is 0.407 e. The van der Waals surface area contributed by atoms with Gasteiger partial charge < -0.3 is 20.1 Å². The maximum Gasteiger partial charge on any atom is 0.407 e. The van der Waals surface area contributed by atoms with Gasteiger partial charge >= 0.3 is 12.1 Å². The Labute approximate surface area is 206 Å². The van der Waals surface area contributed by atoms with E-state index in [1.165, 1.54) is 27.2 Å². The molecule has 1 fully saturated rings. The molecule has 4 rings (SSSR count). The summed E-state index contributed by atoms with van der Waals surface area (Å²) in [4.78, 5) is 37.8. The highest BCUT2D eigenvalue weighted by Gasteiger charge is 2.32. The largest absolute Gasteiger partial charge is 0.480 e. The number of hydrogen-bond donors (Lipinski definition) is 2. The number of nitrogens with one attached hydrogen (secondary N) is 1. The van der Waals surface area contributed by atoms with Gasteiger partial charge in [0.15, 0.2) is 0 Å². The number of benzene rings is 2. The number of alkyl carbamates (subject to hydrolysis) is 1. The molecule has 0 radical (unpaired) electrons. The third kappa shape index (κ3) is 5.84. The Hall–Kier alpha value is -3.35. The lowest BCUT2D eigenvalue weighted by Gasteiger charge is -2.33. The van der Waals surface area contributed by atoms with Crippen LogP contribution in [0.1, 0.15) is 62.5 Å². The second kappa shape index (κ2) is 11.4. The summed E-state index contributed by atoms with van der Waals surface area (Å²) < 4.78 is 5.57. The number of hydrogen-bond acceptors (Lipinski definition) is 4. The summed E-state index contributed by atoms with van der Waals surface area (Å²) in [6.07, 6.45) is 3.51. The van der Waals surface area contributed by atoms with Gasteiger partial charge in [-0.2, -0.15) is 0 Å². The molecule has 0 saturated carbocycles. The van der Waals surface area contributed by atoms with Gasteiger partial charge in [-0.25, -0.2) is 9.59 Å². The third-order valence-electron chi connectivity index (χ3n) is 7.21. The summed E-state index contributed by atoms with van der Waals surface area (Å²) in [7, 11) is 0. The predicted octanol–water partition coefficient (Wildman–Crippen LogP) is 4.80. The molecule has 1 aliphatic carbocycles. The topological polar surface area (TPSA) is 95.9 Å². The van der Waals surface area contributed by atoms with Crippen LogP contribution in [0, 0.1) is 5.92 Å². The number of carbonyl (C=O) groups is 3. The summed E-state index contributed by atoms with van der Waals surface area (Å²) in [5.41, 5.74) is 4.75. The second-order valence-corrected chi connectivity index (χ2v) is 9.62. The van der Waals surface area contributed by atoms with E-state index >= 15 is 0 Å². The number of nitrogens with zero attached hydrogens (tertiary/aromatic N) is 1. The Balaban J connectivity index is 1.18. The number of aliphatic carboxylic acids is 1. The zero-order chi connectivity index (χ0) is 24.8. The number of carbonyl (C=O) groups excluding carboxylic acids is 2. The van der Waals surface area contributed by atoms with Gasteiger partial charge in [-0.3, -0.25) is 4.79 Å². The van der Waals surface area contributed by atoms with Crippen LogP contribution >= 0.6 is 0 Å². The number of rotatable bonds is 9. The van der Waals surface area contributed by atoms with Crippen LogP contribution in [0.4, 0.5) is 4.79 Å². The first-order valence-corrected chi connectivity index (χ1v) is 12.6. The fourth-order valence-electron chi connectivity index (χ4n) is 5.21. The molecule has 186 valence electrons. The number of carboxylic acids is 1. The molecule has 7 nitrogen and oxygen atoms in total. The number of fused-ring (bicyclic) bond motifs is 3. The van der Waals surface area contributed by atoms with Crippen LogP contribution in [0.15, 0.2) is 48.5 Å². The average Bonchev–Trinajstić information content (AvgIpc) is 3.19. The third-order valence-corrected chi connectivity index (χ3v) is 7.21. The van der Waals surface area contributed by atoms with Gasteiger partial charge in [0.1, 0.15) is 12.6 Å². The summed E-state index contributed by atoms with van der Waals surface area (Å²) in [6.45, 7) is 3.31.